The van der Waals surface area contributed by atoms with Gasteiger partial charge in [0.15, 0.2) is 0 Å². The van der Waals surface area contributed by atoms with Gasteiger partial charge in [0.25, 0.3) is 0 Å². The minimum atomic E-state index is -0.713. The van der Waals surface area contributed by atoms with E-state index in [2.05, 4.69) is 30.5 Å². The number of hydrogen-bond acceptors (Lipinski definition) is 10. The second-order valence-corrected chi connectivity index (χ2v) is 11.7. The lowest BCUT2D eigenvalue weighted by molar-refractivity contribution is -0.142. The highest BCUT2D eigenvalue weighted by molar-refractivity contribution is 5.72. The van der Waals surface area contributed by atoms with Crippen LogP contribution in [0.2, 0.25) is 0 Å². The number of carbonyl (C=O) groups is 2. The molecule has 42 heavy (non-hydrogen) atoms. The SMILES string of the molecule is CC(C)(C)OC(=O)N1CCN(c2cc(-c3cc(N[C@H]4CC[C@H](C(=O)O)CC4)cc(Nc4cnccn4)n3)ccn2)CC1. The van der Waals surface area contributed by atoms with E-state index in [9.17, 15) is 14.7 Å². The molecule has 12 heteroatoms. The van der Waals surface area contributed by atoms with Crippen molar-refractivity contribution < 1.29 is 19.4 Å². The maximum atomic E-state index is 12.5. The van der Waals surface area contributed by atoms with Crippen molar-refractivity contribution in [2.75, 3.05) is 41.7 Å². The van der Waals surface area contributed by atoms with Crippen molar-refractivity contribution in [2.24, 2.45) is 5.92 Å². The summed E-state index contributed by atoms with van der Waals surface area (Å²) in [6.45, 7) is 7.99. The van der Waals surface area contributed by atoms with E-state index < -0.39 is 11.6 Å². The van der Waals surface area contributed by atoms with Gasteiger partial charge in [-0.25, -0.2) is 19.7 Å². The van der Waals surface area contributed by atoms with Crippen molar-refractivity contribution in [1.29, 1.82) is 0 Å². The van der Waals surface area contributed by atoms with Crippen LogP contribution < -0.4 is 15.5 Å². The number of nitrogens with zero attached hydrogens (tertiary/aromatic N) is 6. The quantitative estimate of drug-likeness (QED) is 0.358. The maximum absolute atomic E-state index is 12.5. The van der Waals surface area contributed by atoms with Gasteiger partial charge in [-0.3, -0.25) is 9.78 Å². The first-order valence-corrected chi connectivity index (χ1v) is 14.4. The third-order valence-corrected chi connectivity index (χ3v) is 7.39. The van der Waals surface area contributed by atoms with Crippen molar-refractivity contribution in [3.05, 3.63) is 49.1 Å². The van der Waals surface area contributed by atoms with E-state index in [4.69, 9.17) is 9.72 Å². The lowest BCUT2D eigenvalue weighted by Crippen LogP contribution is -2.50. The third-order valence-electron chi connectivity index (χ3n) is 7.39. The number of ether oxygens (including phenoxy) is 1. The van der Waals surface area contributed by atoms with Crippen LogP contribution in [0.5, 0.6) is 0 Å². The number of carboxylic acid groups (broad SMARTS) is 1. The van der Waals surface area contributed by atoms with Gasteiger partial charge in [-0.15, -0.1) is 0 Å². The van der Waals surface area contributed by atoms with E-state index in [1.807, 2.05) is 45.0 Å². The molecule has 1 saturated heterocycles. The Morgan fingerprint density at radius 2 is 1.71 bits per heavy atom. The summed E-state index contributed by atoms with van der Waals surface area (Å²) in [5.41, 5.74) is 2.00. The average Bonchev–Trinajstić information content (AvgIpc) is 2.97. The molecule has 5 rings (SSSR count). The summed E-state index contributed by atoms with van der Waals surface area (Å²) in [7, 11) is 0. The lowest BCUT2D eigenvalue weighted by atomic mass is 9.86. The largest absolute Gasteiger partial charge is 0.481 e. The van der Waals surface area contributed by atoms with Crippen LogP contribution in [-0.4, -0.2) is 79.8 Å². The molecule has 3 aromatic heterocycles. The predicted octanol–water partition coefficient (Wildman–Crippen LogP) is 4.79. The molecule has 222 valence electrons. The Balaban J connectivity index is 1.34. The predicted molar refractivity (Wildman–Crippen MR) is 160 cm³/mol. The van der Waals surface area contributed by atoms with Crippen LogP contribution in [0.4, 0.5) is 27.9 Å². The number of pyridine rings is 2. The highest BCUT2D eigenvalue weighted by atomic mass is 16.6. The highest BCUT2D eigenvalue weighted by Crippen LogP contribution is 2.31. The number of rotatable bonds is 7. The van der Waals surface area contributed by atoms with E-state index >= 15 is 0 Å². The summed E-state index contributed by atoms with van der Waals surface area (Å²) in [6, 6.07) is 8.05. The molecule has 0 spiro atoms. The number of carbonyl (C=O) groups excluding carboxylic acids is 1. The highest BCUT2D eigenvalue weighted by Gasteiger charge is 2.27. The molecule has 3 N–H and O–H groups in total. The van der Waals surface area contributed by atoms with Crippen LogP contribution in [0.1, 0.15) is 46.5 Å². The van der Waals surface area contributed by atoms with Gasteiger partial charge < -0.3 is 30.3 Å². The number of aromatic nitrogens is 4. The van der Waals surface area contributed by atoms with Gasteiger partial charge in [-0.2, -0.15) is 0 Å². The normalized spacial score (nSPS) is 19.2. The Labute approximate surface area is 245 Å². The molecule has 1 saturated carbocycles. The Kier molecular flexibility index (Phi) is 8.69. The molecule has 1 amide bonds. The molecule has 2 aliphatic rings. The second-order valence-electron chi connectivity index (χ2n) is 11.7. The summed E-state index contributed by atoms with van der Waals surface area (Å²) < 4.78 is 5.53. The van der Waals surface area contributed by atoms with Crippen LogP contribution in [-0.2, 0) is 9.53 Å². The van der Waals surface area contributed by atoms with Crippen LogP contribution in [0.3, 0.4) is 0 Å². The Hall–Kier alpha value is -4.48. The first-order chi connectivity index (χ1) is 20.1. The molecular weight excluding hydrogens is 536 g/mol. The number of aliphatic carboxylic acids is 1. The molecular formula is C30H38N8O4. The summed E-state index contributed by atoms with van der Waals surface area (Å²) in [4.78, 5) is 45.7. The number of anilines is 4. The van der Waals surface area contributed by atoms with Gasteiger partial charge >= 0.3 is 12.1 Å². The average molecular weight is 575 g/mol. The second kappa shape index (κ2) is 12.6. The number of hydrogen-bond donors (Lipinski definition) is 3. The van der Waals surface area contributed by atoms with Gasteiger partial charge in [-0.05, 0) is 64.7 Å². The molecule has 4 heterocycles. The lowest BCUT2D eigenvalue weighted by Gasteiger charge is -2.36. The van der Waals surface area contributed by atoms with Crippen LogP contribution >= 0.6 is 0 Å². The van der Waals surface area contributed by atoms with Crippen LogP contribution in [0.15, 0.2) is 49.1 Å². The fourth-order valence-corrected chi connectivity index (χ4v) is 5.24. The number of nitrogens with one attached hydrogen (secondary N) is 2. The van der Waals surface area contributed by atoms with Crippen LogP contribution in [0.25, 0.3) is 11.3 Å². The number of carboxylic acids is 1. The minimum absolute atomic E-state index is 0.175. The van der Waals surface area contributed by atoms with E-state index in [0.717, 1.165) is 35.6 Å². The van der Waals surface area contributed by atoms with E-state index in [1.54, 1.807) is 29.7 Å². The standard InChI is InChI=1S/C30H38N8O4/c1-30(2,3)42-29(41)38-14-12-37(13-15-38)27-16-21(8-9-33-27)24-17-23(34-22-6-4-20(5-7-22)28(39)40)18-25(35-24)36-26-19-31-10-11-32-26/h8-11,16-20,22H,4-7,12-15H2,1-3H3,(H,39,40)(H2,32,34,35,36)/t20-,22-. The van der Waals surface area contributed by atoms with Gasteiger partial charge in [-0.1, -0.05) is 0 Å². The molecule has 0 unspecified atom stereocenters. The summed E-state index contributed by atoms with van der Waals surface area (Å²) in [6.07, 6.45) is 9.23. The first kappa shape index (κ1) is 29.0. The number of piperazine rings is 1. The molecule has 0 radical (unpaired) electrons. The van der Waals surface area contributed by atoms with Crippen molar-refractivity contribution in [2.45, 2.75) is 58.1 Å². The number of amides is 1. The Bertz CT molecular complexity index is 1380. The summed E-state index contributed by atoms with van der Waals surface area (Å²) >= 11 is 0. The zero-order valence-corrected chi connectivity index (χ0v) is 24.3. The zero-order valence-electron chi connectivity index (χ0n) is 24.3. The van der Waals surface area contributed by atoms with Crippen molar-refractivity contribution in [1.82, 2.24) is 24.8 Å². The van der Waals surface area contributed by atoms with Crippen molar-refractivity contribution in [3.63, 3.8) is 0 Å². The Morgan fingerprint density at radius 1 is 0.952 bits per heavy atom. The smallest absolute Gasteiger partial charge is 0.410 e. The summed E-state index contributed by atoms with van der Waals surface area (Å²) in [5, 5.41) is 16.2. The zero-order chi connectivity index (χ0) is 29.7. The molecule has 0 aromatic carbocycles. The molecule has 3 aromatic rings. The van der Waals surface area contributed by atoms with Gasteiger partial charge in [0.05, 0.1) is 17.8 Å². The van der Waals surface area contributed by atoms with E-state index in [0.29, 0.717) is 50.7 Å². The molecule has 12 nitrogen and oxygen atoms in total. The molecule has 1 aliphatic heterocycles. The fraction of sp³-hybridized carbons (Fsp3) is 0.467. The van der Waals surface area contributed by atoms with Crippen molar-refractivity contribution >= 4 is 35.2 Å². The minimum Gasteiger partial charge on any atom is -0.481 e. The topological polar surface area (TPSA) is 146 Å². The van der Waals surface area contributed by atoms with Crippen LogP contribution in [0, 0.1) is 5.92 Å². The molecule has 0 atom stereocenters. The van der Waals surface area contributed by atoms with Gasteiger partial charge in [0.1, 0.15) is 23.1 Å². The van der Waals surface area contributed by atoms with Gasteiger partial charge in [0.2, 0.25) is 0 Å². The summed E-state index contributed by atoms with van der Waals surface area (Å²) in [5.74, 6) is 1.01. The fourth-order valence-electron chi connectivity index (χ4n) is 5.24. The molecule has 2 fully saturated rings. The maximum Gasteiger partial charge on any atom is 0.410 e. The third kappa shape index (κ3) is 7.62. The Morgan fingerprint density at radius 3 is 2.38 bits per heavy atom. The molecule has 1 aliphatic carbocycles. The van der Waals surface area contributed by atoms with Crippen molar-refractivity contribution in [3.8, 4) is 11.3 Å². The first-order valence-electron chi connectivity index (χ1n) is 14.4. The van der Waals surface area contributed by atoms with E-state index in [-0.39, 0.29) is 18.1 Å². The monoisotopic (exact) mass is 574 g/mol. The van der Waals surface area contributed by atoms with E-state index in [1.165, 1.54) is 0 Å². The molecule has 0 bridgehead atoms. The van der Waals surface area contributed by atoms with Gasteiger partial charge in [0, 0.05) is 68.1 Å².